The zero-order valence-corrected chi connectivity index (χ0v) is 21.2. The number of hydrogen-bond acceptors (Lipinski definition) is 10. The van der Waals surface area contributed by atoms with Crippen molar-refractivity contribution in [2.75, 3.05) is 11.4 Å². The second-order valence-electron chi connectivity index (χ2n) is 8.98. The van der Waals surface area contributed by atoms with Crippen LogP contribution >= 0.6 is 0 Å². The van der Waals surface area contributed by atoms with E-state index < -0.39 is 66.4 Å². The fourth-order valence-electron chi connectivity index (χ4n) is 4.02. The number of aliphatic hydroxyl groups excluding tert-OH is 2. The highest BCUT2D eigenvalue weighted by Gasteiger charge is 2.39. The van der Waals surface area contributed by atoms with Gasteiger partial charge in [-0.2, -0.15) is 5.21 Å². The van der Waals surface area contributed by atoms with Gasteiger partial charge in [-0.15, -0.1) is 10.2 Å². The molecule has 0 radical (unpaired) electrons. The van der Waals surface area contributed by atoms with E-state index in [0.29, 0.717) is 12.1 Å². The average molecular weight is 547 g/mol. The maximum absolute atomic E-state index is 13.3. The monoisotopic (exact) mass is 546 g/mol. The minimum absolute atomic E-state index is 0.0142. The van der Waals surface area contributed by atoms with Crippen molar-refractivity contribution in [2.24, 2.45) is 5.92 Å². The molecular formula is C23H30N8O8. The maximum atomic E-state index is 13.3. The number of carboxylic acids is 1. The fraction of sp³-hybridized carbons (Fsp3) is 0.478. The van der Waals surface area contributed by atoms with Gasteiger partial charge in [-0.3, -0.25) is 24.1 Å². The number of H-pyrrole nitrogens is 1. The predicted molar refractivity (Wildman–Crippen MR) is 131 cm³/mol. The molecule has 16 nitrogen and oxygen atoms in total. The number of nitrogens with zero attached hydrogens (tertiary/aromatic N) is 4. The molecule has 0 bridgehead atoms. The molecule has 16 heteroatoms. The summed E-state index contributed by atoms with van der Waals surface area (Å²) in [4.78, 5) is 63.6. The molecule has 0 saturated heterocycles. The number of carboxylic acid groups (broad SMARTS) is 1. The molecule has 1 aliphatic heterocycles. The number of carbonyl (C=O) groups excluding carboxylic acids is 4. The lowest BCUT2D eigenvalue weighted by Crippen LogP contribution is -2.57. The SMILES string of the molecule is CCC(C)C(NC(=O)C(O)C(O)C(=O)O)C(=O)NCC(=O)N1c2ccccc2C[C@H]1C(=O)NCc1nn[nH]n1. The summed E-state index contributed by atoms with van der Waals surface area (Å²) in [5, 5.41) is 48.6. The van der Waals surface area contributed by atoms with E-state index in [9.17, 15) is 34.2 Å². The van der Waals surface area contributed by atoms with Crippen LogP contribution in [-0.2, 0) is 36.9 Å². The lowest BCUT2D eigenvalue weighted by Gasteiger charge is -2.27. The van der Waals surface area contributed by atoms with E-state index in [1.165, 1.54) is 4.90 Å². The highest BCUT2D eigenvalue weighted by Crippen LogP contribution is 2.32. The molecule has 0 aliphatic carbocycles. The molecule has 4 amide bonds. The van der Waals surface area contributed by atoms with Gasteiger partial charge >= 0.3 is 5.97 Å². The molecule has 5 atom stereocenters. The number of aliphatic hydroxyl groups is 2. The molecular weight excluding hydrogens is 516 g/mol. The number of fused-ring (bicyclic) bond motifs is 1. The summed E-state index contributed by atoms with van der Waals surface area (Å²) in [7, 11) is 0. The number of carbonyl (C=O) groups is 5. The van der Waals surface area contributed by atoms with Crippen LogP contribution in [0.3, 0.4) is 0 Å². The van der Waals surface area contributed by atoms with E-state index >= 15 is 0 Å². The van der Waals surface area contributed by atoms with Gasteiger partial charge in [0.1, 0.15) is 12.1 Å². The Morgan fingerprint density at radius 3 is 2.46 bits per heavy atom. The van der Waals surface area contributed by atoms with Gasteiger partial charge in [0.25, 0.3) is 5.91 Å². The standard InChI is InChI=1S/C23H30N8O8/c1-3-11(2)17(26-22(37)18(33)19(34)23(38)39)21(36)25-10-16(32)31-13-7-5-4-6-12(13)8-14(31)20(35)24-9-15-27-29-30-28-15/h4-7,11,14,17-19,33-34H,3,8-10H2,1-2H3,(H,24,35)(H,25,36)(H,26,37)(H,38,39)(H,27,28,29,30)/t11?,14-,17?,18?,19?/m0/s1. The van der Waals surface area contributed by atoms with Crippen molar-refractivity contribution in [1.82, 2.24) is 36.6 Å². The van der Waals surface area contributed by atoms with Crippen molar-refractivity contribution < 1.29 is 39.3 Å². The van der Waals surface area contributed by atoms with Crippen molar-refractivity contribution in [3.8, 4) is 0 Å². The first-order valence-corrected chi connectivity index (χ1v) is 12.1. The Morgan fingerprint density at radius 2 is 1.82 bits per heavy atom. The second kappa shape index (κ2) is 12.9. The Labute approximate surface area is 222 Å². The van der Waals surface area contributed by atoms with Crippen LogP contribution in [-0.4, -0.2) is 96.4 Å². The normalized spacial score (nSPS) is 17.3. The van der Waals surface area contributed by atoms with Crippen LogP contribution in [0, 0.1) is 5.92 Å². The second-order valence-corrected chi connectivity index (χ2v) is 8.98. The molecule has 4 unspecified atom stereocenters. The molecule has 0 fully saturated rings. The van der Waals surface area contributed by atoms with E-state index in [1.54, 1.807) is 38.1 Å². The molecule has 3 rings (SSSR count). The molecule has 0 spiro atoms. The number of anilines is 1. The van der Waals surface area contributed by atoms with E-state index in [4.69, 9.17) is 5.11 Å². The summed E-state index contributed by atoms with van der Waals surface area (Å²) in [6, 6.07) is 4.80. The zero-order valence-electron chi connectivity index (χ0n) is 21.2. The Hall–Kier alpha value is -4.44. The third-order valence-corrected chi connectivity index (χ3v) is 6.39. The number of aromatic nitrogens is 4. The molecule has 1 aromatic heterocycles. The minimum atomic E-state index is -2.38. The van der Waals surface area contributed by atoms with Crippen molar-refractivity contribution in [3.05, 3.63) is 35.7 Å². The van der Waals surface area contributed by atoms with E-state index in [-0.39, 0.29) is 18.8 Å². The third-order valence-electron chi connectivity index (χ3n) is 6.39. The van der Waals surface area contributed by atoms with Gasteiger partial charge in [-0.05, 0) is 17.5 Å². The highest BCUT2D eigenvalue weighted by atomic mass is 16.4. The maximum Gasteiger partial charge on any atom is 0.335 e. The average Bonchev–Trinajstić information content (AvgIpc) is 3.59. The number of amides is 4. The summed E-state index contributed by atoms with van der Waals surface area (Å²) < 4.78 is 0. The summed E-state index contributed by atoms with van der Waals surface area (Å²) in [5.74, 6) is -5.13. The van der Waals surface area contributed by atoms with Crippen LogP contribution in [0.1, 0.15) is 31.7 Å². The topological polar surface area (TPSA) is 240 Å². The van der Waals surface area contributed by atoms with Gasteiger partial charge < -0.3 is 31.3 Å². The van der Waals surface area contributed by atoms with Crippen LogP contribution in [0.5, 0.6) is 0 Å². The fourth-order valence-corrected chi connectivity index (χ4v) is 4.02. The summed E-state index contributed by atoms with van der Waals surface area (Å²) in [6.07, 6.45) is -4.04. The van der Waals surface area contributed by atoms with E-state index in [2.05, 4.69) is 36.6 Å². The largest absolute Gasteiger partial charge is 0.479 e. The van der Waals surface area contributed by atoms with Crippen LogP contribution in [0.2, 0.25) is 0 Å². The van der Waals surface area contributed by atoms with E-state index in [1.807, 2.05) is 0 Å². The number of hydrogen-bond donors (Lipinski definition) is 7. The number of rotatable bonds is 12. The molecule has 2 heterocycles. The van der Waals surface area contributed by atoms with Gasteiger partial charge in [0.05, 0.1) is 13.1 Å². The summed E-state index contributed by atoms with van der Waals surface area (Å²) in [6.45, 7) is 2.83. The van der Waals surface area contributed by atoms with Gasteiger partial charge in [0.15, 0.2) is 18.0 Å². The van der Waals surface area contributed by atoms with Gasteiger partial charge in [-0.25, -0.2) is 4.79 Å². The number of benzene rings is 1. The molecule has 2 aromatic rings. The highest BCUT2D eigenvalue weighted by molar-refractivity contribution is 6.05. The Kier molecular flexibility index (Phi) is 9.62. The van der Waals surface area contributed by atoms with Crippen LogP contribution in [0.25, 0.3) is 0 Å². The van der Waals surface area contributed by atoms with Crippen molar-refractivity contribution in [3.63, 3.8) is 0 Å². The molecule has 1 aliphatic rings. The quantitative estimate of drug-likeness (QED) is 0.144. The Morgan fingerprint density at radius 1 is 1.10 bits per heavy atom. The lowest BCUT2D eigenvalue weighted by atomic mass is 9.97. The van der Waals surface area contributed by atoms with Crippen molar-refractivity contribution in [1.29, 1.82) is 0 Å². The molecule has 210 valence electrons. The Bertz CT molecular complexity index is 1210. The zero-order chi connectivity index (χ0) is 28.7. The van der Waals surface area contributed by atoms with Crippen LogP contribution in [0.4, 0.5) is 5.69 Å². The lowest BCUT2D eigenvalue weighted by molar-refractivity contribution is -0.158. The first-order valence-electron chi connectivity index (χ1n) is 12.1. The first-order chi connectivity index (χ1) is 18.5. The number of nitrogens with one attached hydrogen (secondary N) is 4. The summed E-state index contributed by atoms with van der Waals surface area (Å²) >= 11 is 0. The van der Waals surface area contributed by atoms with Crippen LogP contribution < -0.4 is 20.9 Å². The molecule has 39 heavy (non-hydrogen) atoms. The number of para-hydroxylation sites is 1. The molecule has 1 aromatic carbocycles. The van der Waals surface area contributed by atoms with Gasteiger partial charge in [-0.1, -0.05) is 43.7 Å². The predicted octanol–water partition coefficient (Wildman–Crippen LogP) is -2.77. The van der Waals surface area contributed by atoms with E-state index in [0.717, 1.165) is 5.56 Å². The number of aliphatic carboxylic acids is 1. The van der Waals surface area contributed by atoms with Crippen LogP contribution in [0.15, 0.2) is 24.3 Å². The molecule has 7 N–H and O–H groups in total. The summed E-state index contributed by atoms with van der Waals surface area (Å²) in [5.41, 5.74) is 1.27. The van der Waals surface area contributed by atoms with Gasteiger partial charge in [0, 0.05) is 12.1 Å². The first kappa shape index (κ1) is 29.1. The van der Waals surface area contributed by atoms with Gasteiger partial charge in [0.2, 0.25) is 17.7 Å². The minimum Gasteiger partial charge on any atom is -0.479 e. The van der Waals surface area contributed by atoms with Crippen molar-refractivity contribution >= 4 is 35.3 Å². The Balaban J connectivity index is 1.69. The number of aromatic amines is 1. The molecule has 0 saturated carbocycles. The van der Waals surface area contributed by atoms with Crippen molar-refractivity contribution in [2.45, 2.75) is 57.5 Å². The number of tetrazole rings is 1. The smallest absolute Gasteiger partial charge is 0.335 e. The third kappa shape index (κ3) is 6.91.